The molecule has 1 N–H and O–H groups in total. The number of ether oxygens (including phenoxy) is 3. The van der Waals surface area contributed by atoms with Crippen molar-refractivity contribution in [3.05, 3.63) is 51.9 Å². The van der Waals surface area contributed by atoms with Crippen LogP contribution >= 0.6 is 0 Å². The van der Waals surface area contributed by atoms with E-state index in [2.05, 4.69) is 4.98 Å². The van der Waals surface area contributed by atoms with Crippen molar-refractivity contribution in [2.24, 2.45) is 0 Å². The highest BCUT2D eigenvalue weighted by atomic mass is 16.5. The molecule has 1 aliphatic heterocycles. The molecule has 0 spiro atoms. The Bertz CT molecular complexity index is 861. The van der Waals surface area contributed by atoms with Gasteiger partial charge in [-0.3, -0.25) is 9.59 Å². The first kappa shape index (κ1) is 17.8. The Hall–Kier alpha value is -2.96. The largest absolute Gasteiger partial charge is 0.493 e. The minimum atomic E-state index is -0.320. The maximum Gasteiger partial charge on any atom is 0.270 e. The third kappa shape index (κ3) is 3.24. The monoisotopic (exact) mass is 358 g/mol. The van der Waals surface area contributed by atoms with Gasteiger partial charge in [0.15, 0.2) is 17.2 Å². The molecule has 7 nitrogen and oxygen atoms in total. The van der Waals surface area contributed by atoms with E-state index in [0.29, 0.717) is 24.6 Å². The molecule has 1 saturated heterocycles. The van der Waals surface area contributed by atoms with E-state index in [1.54, 1.807) is 19.1 Å². The van der Waals surface area contributed by atoms with Gasteiger partial charge >= 0.3 is 0 Å². The van der Waals surface area contributed by atoms with Crippen molar-refractivity contribution in [2.45, 2.75) is 12.3 Å². The maximum absolute atomic E-state index is 12.7. The number of rotatable bonds is 5. The summed E-state index contributed by atoms with van der Waals surface area (Å²) in [6.07, 6.45) is 2.23. The Morgan fingerprint density at radius 1 is 1.15 bits per heavy atom. The van der Waals surface area contributed by atoms with Crippen molar-refractivity contribution in [1.82, 2.24) is 9.88 Å². The molecular weight excluding hydrogens is 336 g/mol. The lowest BCUT2D eigenvalue weighted by Crippen LogP contribution is -2.30. The summed E-state index contributed by atoms with van der Waals surface area (Å²) in [5.41, 5.74) is 0.958. The van der Waals surface area contributed by atoms with Crippen LogP contribution in [0.25, 0.3) is 0 Å². The summed E-state index contributed by atoms with van der Waals surface area (Å²) < 4.78 is 15.8. The van der Waals surface area contributed by atoms with Crippen LogP contribution in [0.1, 0.15) is 28.4 Å². The number of pyridine rings is 1. The summed E-state index contributed by atoms with van der Waals surface area (Å²) in [5, 5.41) is 0. The molecule has 0 saturated carbocycles. The summed E-state index contributed by atoms with van der Waals surface area (Å²) in [7, 11) is 4.63. The number of methoxy groups -OCH3 is 3. The topological polar surface area (TPSA) is 80.9 Å². The fraction of sp³-hybridized carbons (Fsp3) is 0.368. The number of nitrogens with zero attached hydrogens (tertiary/aromatic N) is 1. The van der Waals surface area contributed by atoms with Crippen LogP contribution in [0.3, 0.4) is 0 Å². The second kappa shape index (κ2) is 7.51. The van der Waals surface area contributed by atoms with Crippen LogP contribution in [-0.4, -0.2) is 50.2 Å². The molecular formula is C19H22N2O5. The van der Waals surface area contributed by atoms with Gasteiger partial charge in [0.1, 0.15) is 5.69 Å². The minimum Gasteiger partial charge on any atom is -0.493 e. The van der Waals surface area contributed by atoms with Crippen LogP contribution in [0.5, 0.6) is 17.2 Å². The minimum absolute atomic E-state index is 0.147. The average Bonchev–Trinajstić information content (AvgIpc) is 3.16. The lowest BCUT2D eigenvalue weighted by atomic mass is 9.97. The first-order valence-corrected chi connectivity index (χ1v) is 8.36. The summed E-state index contributed by atoms with van der Waals surface area (Å²) >= 11 is 0. The third-order valence-corrected chi connectivity index (χ3v) is 4.68. The fourth-order valence-electron chi connectivity index (χ4n) is 3.34. The molecule has 1 fully saturated rings. The van der Waals surface area contributed by atoms with E-state index in [4.69, 9.17) is 14.2 Å². The van der Waals surface area contributed by atoms with Gasteiger partial charge < -0.3 is 24.1 Å². The molecule has 0 radical (unpaired) electrons. The van der Waals surface area contributed by atoms with Crippen LogP contribution in [-0.2, 0) is 0 Å². The molecule has 3 rings (SSSR count). The predicted octanol–water partition coefficient (Wildman–Crippen LogP) is 2.03. The van der Waals surface area contributed by atoms with E-state index >= 15 is 0 Å². The van der Waals surface area contributed by atoms with Crippen molar-refractivity contribution in [3.63, 3.8) is 0 Å². The molecule has 1 amide bonds. The molecule has 0 aliphatic carbocycles. The molecule has 2 heterocycles. The van der Waals surface area contributed by atoms with Gasteiger partial charge in [0, 0.05) is 36.8 Å². The lowest BCUT2D eigenvalue weighted by molar-refractivity contribution is 0.0784. The molecule has 1 aromatic heterocycles. The number of hydrogen-bond donors (Lipinski definition) is 1. The smallest absolute Gasteiger partial charge is 0.270 e. The Labute approximate surface area is 151 Å². The van der Waals surface area contributed by atoms with E-state index in [1.165, 1.54) is 19.4 Å². The first-order chi connectivity index (χ1) is 12.6. The van der Waals surface area contributed by atoms with Crippen LogP contribution < -0.4 is 19.6 Å². The molecule has 1 unspecified atom stereocenters. The van der Waals surface area contributed by atoms with Crippen LogP contribution in [0, 0.1) is 0 Å². The van der Waals surface area contributed by atoms with Crippen molar-refractivity contribution < 1.29 is 19.0 Å². The number of nitrogens with one attached hydrogen (secondary N) is 1. The zero-order valence-corrected chi connectivity index (χ0v) is 15.1. The normalized spacial score (nSPS) is 16.4. The Kier molecular flexibility index (Phi) is 5.16. The number of H-pyrrole nitrogens is 1. The molecule has 7 heteroatoms. The molecule has 0 bridgehead atoms. The Morgan fingerprint density at radius 2 is 1.92 bits per heavy atom. The number of para-hydroxylation sites is 1. The van der Waals surface area contributed by atoms with E-state index in [9.17, 15) is 9.59 Å². The molecule has 138 valence electrons. The standard InChI is InChI=1S/C19H22N2O5/c1-24-16-6-4-5-13(18(16)26-3)12-7-8-21(11-12)19(23)14-9-15(22)17(25-2)10-20-14/h4-6,9-10,12H,7-8,11H2,1-3H3,(H,20,22). The third-order valence-electron chi connectivity index (χ3n) is 4.68. The van der Waals surface area contributed by atoms with Gasteiger partial charge in [-0.25, -0.2) is 0 Å². The number of hydrogen-bond acceptors (Lipinski definition) is 5. The zero-order chi connectivity index (χ0) is 18.7. The number of benzene rings is 1. The average molecular weight is 358 g/mol. The van der Waals surface area contributed by atoms with Crippen molar-refractivity contribution in [3.8, 4) is 17.2 Å². The van der Waals surface area contributed by atoms with E-state index in [-0.39, 0.29) is 28.7 Å². The number of aromatic amines is 1. The van der Waals surface area contributed by atoms with Gasteiger partial charge in [0.2, 0.25) is 5.43 Å². The van der Waals surface area contributed by atoms with Crippen molar-refractivity contribution >= 4 is 5.91 Å². The van der Waals surface area contributed by atoms with Gasteiger partial charge in [0.05, 0.1) is 21.3 Å². The molecule has 1 aliphatic rings. The van der Waals surface area contributed by atoms with Crippen LogP contribution in [0.4, 0.5) is 0 Å². The number of carbonyl (C=O) groups excluding carboxylic acids is 1. The number of amides is 1. The van der Waals surface area contributed by atoms with Gasteiger partial charge in [0.25, 0.3) is 5.91 Å². The highest BCUT2D eigenvalue weighted by Crippen LogP contribution is 2.39. The van der Waals surface area contributed by atoms with E-state index in [0.717, 1.165) is 12.0 Å². The fourth-order valence-corrected chi connectivity index (χ4v) is 3.34. The molecule has 1 atom stereocenters. The summed E-state index contributed by atoms with van der Waals surface area (Å²) in [5.74, 6) is 1.51. The number of carbonyl (C=O) groups is 1. The zero-order valence-electron chi connectivity index (χ0n) is 15.1. The van der Waals surface area contributed by atoms with Crippen molar-refractivity contribution in [1.29, 1.82) is 0 Å². The lowest BCUT2D eigenvalue weighted by Gasteiger charge is -2.19. The van der Waals surface area contributed by atoms with Gasteiger partial charge in [-0.1, -0.05) is 12.1 Å². The second-order valence-corrected chi connectivity index (χ2v) is 6.10. The van der Waals surface area contributed by atoms with Gasteiger partial charge in [-0.2, -0.15) is 0 Å². The highest BCUT2D eigenvalue weighted by Gasteiger charge is 2.31. The highest BCUT2D eigenvalue weighted by molar-refractivity contribution is 5.92. The van der Waals surface area contributed by atoms with Gasteiger partial charge in [-0.05, 0) is 12.5 Å². The number of aromatic nitrogens is 1. The van der Waals surface area contributed by atoms with E-state index < -0.39 is 0 Å². The SMILES string of the molecule is COc1cccc(C2CCN(C(=O)c3cc(=O)c(OC)c[nH]3)C2)c1OC. The Balaban J connectivity index is 1.80. The van der Waals surface area contributed by atoms with Crippen molar-refractivity contribution in [2.75, 3.05) is 34.4 Å². The quantitative estimate of drug-likeness (QED) is 0.885. The molecule has 2 aromatic rings. The van der Waals surface area contributed by atoms with E-state index in [1.807, 2.05) is 18.2 Å². The molecule has 1 aromatic carbocycles. The van der Waals surface area contributed by atoms with Gasteiger partial charge in [-0.15, -0.1) is 0 Å². The maximum atomic E-state index is 12.7. The second-order valence-electron chi connectivity index (χ2n) is 6.10. The summed E-state index contributed by atoms with van der Waals surface area (Å²) in [4.78, 5) is 29.2. The Morgan fingerprint density at radius 3 is 2.58 bits per heavy atom. The summed E-state index contributed by atoms with van der Waals surface area (Å²) in [6.45, 7) is 1.16. The number of likely N-dealkylation sites (tertiary alicyclic amines) is 1. The predicted molar refractivity (Wildman–Crippen MR) is 96.4 cm³/mol. The summed E-state index contributed by atoms with van der Waals surface area (Å²) in [6, 6.07) is 7.04. The first-order valence-electron chi connectivity index (χ1n) is 8.36. The molecule has 26 heavy (non-hydrogen) atoms. The van der Waals surface area contributed by atoms with Crippen LogP contribution in [0.15, 0.2) is 35.3 Å². The van der Waals surface area contributed by atoms with Crippen LogP contribution in [0.2, 0.25) is 0 Å².